The average molecular weight is 205 g/mol. The molecule has 0 radical (unpaired) electrons. The van der Waals surface area contributed by atoms with Crippen LogP contribution in [0, 0.1) is 0 Å². The van der Waals surface area contributed by atoms with Gasteiger partial charge in [-0.15, -0.1) is 0 Å². The summed E-state index contributed by atoms with van der Waals surface area (Å²) in [5.74, 6) is 0.511. The Balaban J connectivity index is 2.60. The molecule has 0 fully saturated rings. The molecule has 12 heavy (non-hydrogen) atoms. The largest absolute Gasteiger partial charge is 0.489 e. The van der Waals surface area contributed by atoms with E-state index in [1.165, 1.54) is 0 Å². The van der Waals surface area contributed by atoms with Gasteiger partial charge in [-0.25, -0.2) is 0 Å². The summed E-state index contributed by atoms with van der Waals surface area (Å²) in [6, 6.07) is 3.38. The third kappa shape index (κ3) is 1.07. The molecule has 1 aromatic rings. The van der Waals surface area contributed by atoms with Crippen LogP contribution in [0.4, 0.5) is 0 Å². The molecule has 64 valence electrons. The molecular formula is C8H6Cl2O2. The van der Waals surface area contributed by atoms with Crippen LogP contribution in [-0.2, 0) is 0 Å². The molecule has 1 aliphatic heterocycles. The summed E-state index contributed by atoms with van der Waals surface area (Å²) in [4.78, 5) is 0. The first-order valence-corrected chi connectivity index (χ1v) is 4.24. The normalized spacial score (nSPS) is 20.4. The lowest BCUT2D eigenvalue weighted by atomic mass is 10.1. The van der Waals surface area contributed by atoms with E-state index in [0.717, 1.165) is 0 Å². The zero-order chi connectivity index (χ0) is 8.72. The zero-order valence-corrected chi connectivity index (χ0v) is 7.56. The predicted molar refractivity (Wildman–Crippen MR) is 46.9 cm³/mol. The highest BCUT2D eigenvalue weighted by molar-refractivity contribution is 6.43. The number of aliphatic hydroxyl groups excluding tert-OH is 1. The molecule has 1 aliphatic rings. The SMILES string of the molecule is OC1COc2c1ccc(Cl)c2Cl. The van der Waals surface area contributed by atoms with E-state index in [1.54, 1.807) is 12.1 Å². The molecule has 0 saturated heterocycles. The summed E-state index contributed by atoms with van der Waals surface area (Å²) in [5.41, 5.74) is 0.712. The molecule has 1 unspecified atom stereocenters. The standard InChI is InChI=1S/C8H6Cl2O2/c9-5-2-1-4-6(11)3-12-8(4)7(5)10/h1-2,6,11H,3H2. The van der Waals surface area contributed by atoms with E-state index >= 15 is 0 Å². The van der Waals surface area contributed by atoms with E-state index in [4.69, 9.17) is 27.9 Å². The number of ether oxygens (including phenoxy) is 1. The van der Waals surface area contributed by atoms with E-state index in [1.807, 2.05) is 0 Å². The van der Waals surface area contributed by atoms with Crippen LogP contribution in [0.1, 0.15) is 11.7 Å². The Labute approximate surface area is 79.7 Å². The van der Waals surface area contributed by atoms with Crippen molar-refractivity contribution in [3.63, 3.8) is 0 Å². The quantitative estimate of drug-likeness (QED) is 0.704. The lowest BCUT2D eigenvalue weighted by molar-refractivity contribution is 0.140. The van der Waals surface area contributed by atoms with Gasteiger partial charge in [0.15, 0.2) is 0 Å². The minimum absolute atomic E-state index is 0.259. The molecular weight excluding hydrogens is 199 g/mol. The Morgan fingerprint density at radius 2 is 2.17 bits per heavy atom. The number of benzene rings is 1. The number of aliphatic hydroxyl groups is 1. The predicted octanol–water partition coefficient (Wildman–Crippen LogP) is 2.42. The lowest BCUT2D eigenvalue weighted by Gasteiger charge is -2.02. The van der Waals surface area contributed by atoms with Crippen molar-refractivity contribution >= 4 is 23.2 Å². The van der Waals surface area contributed by atoms with Gasteiger partial charge in [-0.2, -0.15) is 0 Å². The third-order valence-electron chi connectivity index (χ3n) is 1.82. The van der Waals surface area contributed by atoms with E-state index in [-0.39, 0.29) is 6.61 Å². The molecule has 1 N–H and O–H groups in total. The van der Waals surface area contributed by atoms with Gasteiger partial charge >= 0.3 is 0 Å². The van der Waals surface area contributed by atoms with Crippen LogP contribution in [0.25, 0.3) is 0 Å². The lowest BCUT2D eigenvalue weighted by Crippen LogP contribution is -1.97. The molecule has 0 aromatic heterocycles. The summed E-state index contributed by atoms with van der Waals surface area (Å²) in [5, 5.41) is 10.2. The maximum absolute atomic E-state index is 9.37. The maximum atomic E-state index is 9.37. The monoisotopic (exact) mass is 204 g/mol. The minimum atomic E-state index is -0.574. The van der Waals surface area contributed by atoms with Crippen molar-refractivity contribution in [3.8, 4) is 5.75 Å². The van der Waals surface area contributed by atoms with Crippen molar-refractivity contribution in [3.05, 3.63) is 27.7 Å². The third-order valence-corrected chi connectivity index (χ3v) is 2.61. The molecule has 0 aliphatic carbocycles. The highest BCUT2D eigenvalue weighted by atomic mass is 35.5. The first kappa shape index (κ1) is 8.17. The number of halogens is 2. The van der Waals surface area contributed by atoms with Crippen molar-refractivity contribution in [1.82, 2.24) is 0 Å². The van der Waals surface area contributed by atoms with E-state index < -0.39 is 6.10 Å². The summed E-state index contributed by atoms with van der Waals surface area (Å²) in [7, 11) is 0. The molecule has 1 heterocycles. The van der Waals surface area contributed by atoms with Crippen molar-refractivity contribution in [2.45, 2.75) is 6.10 Å². The average Bonchev–Trinajstić information content (AvgIpc) is 2.41. The Kier molecular flexibility index (Phi) is 1.91. The Bertz CT molecular complexity index is 325. The van der Waals surface area contributed by atoms with Crippen molar-refractivity contribution in [2.24, 2.45) is 0 Å². The first-order valence-electron chi connectivity index (χ1n) is 3.49. The summed E-state index contributed by atoms with van der Waals surface area (Å²) in [6.45, 7) is 0.259. The van der Waals surface area contributed by atoms with Gasteiger partial charge in [-0.3, -0.25) is 0 Å². The molecule has 0 bridgehead atoms. The minimum Gasteiger partial charge on any atom is -0.489 e. The van der Waals surface area contributed by atoms with Crippen molar-refractivity contribution in [1.29, 1.82) is 0 Å². The Morgan fingerprint density at radius 1 is 1.42 bits per heavy atom. The van der Waals surface area contributed by atoms with Gasteiger partial charge in [-0.1, -0.05) is 29.3 Å². The summed E-state index contributed by atoms with van der Waals surface area (Å²) in [6.07, 6.45) is -0.574. The molecule has 2 rings (SSSR count). The van der Waals surface area contributed by atoms with Crippen molar-refractivity contribution < 1.29 is 9.84 Å². The maximum Gasteiger partial charge on any atom is 0.145 e. The molecule has 0 saturated carbocycles. The second-order valence-electron chi connectivity index (χ2n) is 2.61. The number of hydrogen-bond acceptors (Lipinski definition) is 2. The number of fused-ring (bicyclic) bond motifs is 1. The van der Waals surface area contributed by atoms with Gasteiger partial charge in [0.2, 0.25) is 0 Å². The second kappa shape index (κ2) is 2.80. The van der Waals surface area contributed by atoms with E-state index in [2.05, 4.69) is 0 Å². The van der Waals surface area contributed by atoms with Crippen LogP contribution < -0.4 is 4.74 Å². The molecule has 1 aromatic carbocycles. The second-order valence-corrected chi connectivity index (χ2v) is 3.39. The van der Waals surface area contributed by atoms with Crippen LogP contribution in [0.5, 0.6) is 5.75 Å². The first-order chi connectivity index (χ1) is 5.70. The van der Waals surface area contributed by atoms with Gasteiger partial charge in [0.05, 0.1) is 5.02 Å². The van der Waals surface area contributed by atoms with Crippen molar-refractivity contribution in [2.75, 3.05) is 6.61 Å². The molecule has 0 amide bonds. The van der Waals surface area contributed by atoms with Crippen LogP contribution in [0.2, 0.25) is 10.0 Å². The van der Waals surface area contributed by atoms with Gasteiger partial charge in [0.1, 0.15) is 23.5 Å². The summed E-state index contributed by atoms with van der Waals surface area (Å²) < 4.78 is 5.16. The van der Waals surface area contributed by atoms with E-state index in [9.17, 15) is 5.11 Å². The van der Waals surface area contributed by atoms with Gasteiger partial charge in [0, 0.05) is 5.56 Å². The molecule has 1 atom stereocenters. The fourth-order valence-corrected chi connectivity index (χ4v) is 1.58. The topological polar surface area (TPSA) is 29.5 Å². The fourth-order valence-electron chi connectivity index (χ4n) is 1.21. The molecule has 0 spiro atoms. The van der Waals surface area contributed by atoms with Crippen LogP contribution in [0.15, 0.2) is 12.1 Å². The van der Waals surface area contributed by atoms with Crippen LogP contribution in [-0.4, -0.2) is 11.7 Å². The zero-order valence-electron chi connectivity index (χ0n) is 6.05. The van der Waals surface area contributed by atoms with Gasteiger partial charge in [0.25, 0.3) is 0 Å². The van der Waals surface area contributed by atoms with Gasteiger partial charge < -0.3 is 9.84 Å². The molecule has 4 heteroatoms. The fraction of sp³-hybridized carbons (Fsp3) is 0.250. The van der Waals surface area contributed by atoms with E-state index in [0.29, 0.717) is 21.4 Å². The smallest absolute Gasteiger partial charge is 0.145 e. The van der Waals surface area contributed by atoms with Crippen LogP contribution >= 0.6 is 23.2 Å². The highest BCUT2D eigenvalue weighted by Gasteiger charge is 2.25. The number of rotatable bonds is 0. The van der Waals surface area contributed by atoms with Crippen LogP contribution in [0.3, 0.4) is 0 Å². The number of hydrogen-bond donors (Lipinski definition) is 1. The highest BCUT2D eigenvalue weighted by Crippen LogP contribution is 2.41. The van der Waals surface area contributed by atoms with Gasteiger partial charge in [-0.05, 0) is 6.07 Å². The summed E-state index contributed by atoms with van der Waals surface area (Å²) >= 11 is 11.6. The Morgan fingerprint density at radius 3 is 2.92 bits per heavy atom. The molecule has 2 nitrogen and oxygen atoms in total. The Hall–Kier alpha value is -0.440.